The molecule has 0 fully saturated rings. The molecule has 1 heterocycles. The Kier molecular flexibility index (Phi) is 3.73. The Balaban J connectivity index is 2.07. The normalized spacial score (nSPS) is 20.7. The van der Waals surface area contributed by atoms with Crippen LogP contribution in [0.1, 0.15) is 28.7 Å². The molecule has 0 aromatic heterocycles. The van der Waals surface area contributed by atoms with Gasteiger partial charge < -0.3 is 10.5 Å². The van der Waals surface area contributed by atoms with E-state index < -0.39 is 0 Å². The molecule has 3 rings (SSSR count). The zero-order chi connectivity index (χ0) is 14.9. The third kappa shape index (κ3) is 2.44. The summed E-state index contributed by atoms with van der Waals surface area (Å²) in [4.78, 5) is 0. The molecule has 1 aliphatic rings. The van der Waals surface area contributed by atoms with Crippen LogP contribution >= 0.6 is 0 Å². The van der Waals surface area contributed by atoms with E-state index in [0.717, 1.165) is 25.2 Å². The molecule has 2 heteroatoms. The van der Waals surface area contributed by atoms with Crippen molar-refractivity contribution < 1.29 is 4.74 Å². The van der Waals surface area contributed by atoms with Gasteiger partial charge >= 0.3 is 0 Å². The molecule has 21 heavy (non-hydrogen) atoms. The average Bonchev–Trinajstić information content (AvgIpc) is 2.51. The Labute approximate surface area is 126 Å². The molecular weight excluding hydrogens is 258 g/mol. The molecule has 0 radical (unpaired) electrons. The summed E-state index contributed by atoms with van der Waals surface area (Å²) in [5.74, 6) is 1.00. The van der Waals surface area contributed by atoms with Gasteiger partial charge in [0.05, 0.1) is 6.61 Å². The van der Waals surface area contributed by atoms with Crippen LogP contribution in [0, 0.1) is 13.8 Å². The van der Waals surface area contributed by atoms with Crippen molar-refractivity contribution in [1.82, 2.24) is 0 Å². The lowest BCUT2D eigenvalue weighted by Crippen LogP contribution is -2.42. The fourth-order valence-electron chi connectivity index (χ4n) is 3.46. The maximum Gasteiger partial charge on any atom is 0.123 e. The van der Waals surface area contributed by atoms with Gasteiger partial charge in [0.2, 0.25) is 0 Å². The van der Waals surface area contributed by atoms with Crippen molar-refractivity contribution in [2.75, 3.05) is 13.2 Å². The quantitative estimate of drug-likeness (QED) is 0.934. The zero-order valence-electron chi connectivity index (χ0n) is 12.9. The molecule has 110 valence electrons. The van der Waals surface area contributed by atoms with Crippen molar-refractivity contribution >= 4 is 0 Å². The number of hydrogen-bond acceptors (Lipinski definition) is 2. The third-order valence-corrected chi connectivity index (χ3v) is 4.85. The molecule has 0 saturated carbocycles. The van der Waals surface area contributed by atoms with E-state index in [0.29, 0.717) is 6.54 Å². The molecule has 0 spiro atoms. The highest BCUT2D eigenvalue weighted by Gasteiger charge is 2.37. The third-order valence-electron chi connectivity index (χ3n) is 4.85. The van der Waals surface area contributed by atoms with E-state index in [9.17, 15) is 0 Å². The summed E-state index contributed by atoms with van der Waals surface area (Å²) in [6.07, 6.45) is 1.97. The standard InChI is InChI=1S/C19H23NO/c1-14-6-5-7-15(2)16(14)12-19(13-20)10-11-21-18-9-4-3-8-17(18)19/h3-9H,10-13,20H2,1-2H3. The molecule has 0 aliphatic carbocycles. The molecule has 0 saturated heterocycles. The first-order valence-electron chi connectivity index (χ1n) is 7.64. The summed E-state index contributed by atoms with van der Waals surface area (Å²) >= 11 is 0. The van der Waals surface area contributed by atoms with Gasteiger partial charge in [-0.1, -0.05) is 36.4 Å². The summed E-state index contributed by atoms with van der Waals surface area (Å²) in [6, 6.07) is 14.9. The highest BCUT2D eigenvalue weighted by Crippen LogP contribution is 2.41. The van der Waals surface area contributed by atoms with Gasteiger partial charge in [-0.25, -0.2) is 0 Å². The lowest BCUT2D eigenvalue weighted by Gasteiger charge is -2.39. The largest absolute Gasteiger partial charge is 0.493 e. The number of para-hydroxylation sites is 1. The van der Waals surface area contributed by atoms with Crippen molar-refractivity contribution in [3.05, 3.63) is 64.7 Å². The number of rotatable bonds is 3. The molecule has 0 bridgehead atoms. The van der Waals surface area contributed by atoms with Gasteiger partial charge in [-0.15, -0.1) is 0 Å². The van der Waals surface area contributed by atoms with Gasteiger partial charge in [0, 0.05) is 17.5 Å². The van der Waals surface area contributed by atoms with Crippen LogP contribution in [0.25, 0.3) is 0 Å². The highest BCUT2D eigenvalue weighted by molar-refractivity contribution is 5.45. The number of nitrogens with two attached hydrogens (primary N) is 1. The van der Waals surface area contributed by atoms with Gasteiger partial charge in [0.25, 0.3) is 0 Å². The van der Waals surface area contributed by atoms with Crippen LogP contribution in [-0.4, -0.2) is 13.2 Å². The highest BCUT2D eigenvalue weighted by atomic mass is 16.5. The second kappa shape index (κ2) is 5.53. The van der Waals surface area contributed by atoms with E-state index in [1.807, 2.05) is 6.07 Å². The SMILES string of the molecule is Cc1cccc(C)c1CC1(CN)CCOc2ccccc21. The minimum Gasteiger partial charge on any atom is -0.493 e. The van der Waals surface area contributed by atoms with E-state index >= 15 is 0 Å². The maximum absolute atomic E-state index is 6.25. The Hall–Kier alpha value is -1.80. The fourth-order valence-corrected chi connectivity index (χ4v) is 3.46. The van der Waals surface area contributed by atoms with Gasteiger partial charge in [-0.3, -0.25) is 0 Å². The van der Waals surface area contributed by atoms with Crippen molar-refractivity contribution in [2.45, 2.75) is 32.1 Å². The Morgan fingerprint density at radius 3 is 2.48 bits per heavy atom. The minimum absolute atomic E-state index is 0.00822. The van der Waals surface area contributed by atoms with Crippen LogP contribution in [0.5, 0.6) is 5.75 Å². The Bertz CT molecular complexity index is 630. The van der Waals surface area contributed by atoms with Crippen molar-refractivity contribution in [3.63, 3.8) is 0 Å². The van der Waals surface area contributed by atoms with E-state index in [-0.39, 0.29) is 5.41 Å². The van der Waals surface area contributed by atoms with Gasteiger partial charge in [-0.2, -0.15) is 0 Å². The minimum atomic E-state index is -0.00822. The second-order valence-corrected chi connectivity index (χ2v) is 6.13. The molecule has 1 atom stereocenters. The van der Waals surface area contributed by atoms with Crippen molar-refractivity contribution in [3.8, 4) is 5.75 Å². The van der Waals surface area contributed by atoms with Crippen LogP contribution in [0.3, 0.4) is 0 Å². The molecule has 0 amide bonds. The zero-order valence-corrected chi connectivity index (χ0v) is 12.9. The predicted octanol–water partition coefficient (Wildman–Crippen LogP) is 3.53. The van der Waals surface area contributed by atoms with E-state index in [4.69, 9.17) is 10.5 Å². The number of fused-ring (bicyclic) bond motifs is 1. The van der Waals surface area contributed by atoms with Crippen molar-refractivity contribution in [1.29, 1.82) is 0 Å². The first kappa shape index (κ1) is 14.2. The van der Waals surface area contributed by atoms with Gasteiger partial charge in [-0.05, 0) is 49.4 Å². The molecule has 2 nitrogen and oxygen atoms in total. The second-order valence-electron chi connectivity index (χ2n) is 6.13. The lowest BCUT2D eigenvalue weighted by molar-refractivity contribution is 0.215. The lowest BCUT2D eigenvalue weighted by atomic mass is 9.70. The molecular formula is C19H23NO. The molecule has 2 aromatic carbocycles. The summed E-state index contributed by atoms with van der Waals surface area (Å²) in [5, 5.41) is 0. The topological polar surface area (TPSA) is 35.2 Å². The first-order valence-corrected chi connectivity index (χ1v) is 7.64. The van der Waals surface area contributed by atoms with Crippen LogP contribution in [0.15, 0.2) is 42.5 Å². The monoisotopic (exact) mass is 281 g/mol. The number of aryl methyl sites for hydroxylation is 2. The number of ether oxygens (including phenoxy) is 1. The molecule has 2 N–H and O–H groups in total. The van der Waals surface area contributed by atoms with E-state index in [1.54, 1.807) is 0 Å². The first-order chi connectivity index (χ1) is 10.2. The fraction of sp³-hybridized carbons (Fsp3) is 0.368. The number of benzene rings is 2. The average molecular weight is 281 g/mol. The summed E-state index contributed by atoms with van der Waals surface area (Å²) in [6.45, 7) is 5.79. The van der Waals surface area contributed by atoms with Crippen LogP contribution in [-0.2, 0) is 11.8 Å². The molecule has 1 unspecified atom stereocenters. The van der Waals surface area contributed by atoms with Gasteiger partial charge in [0.1, 0.15) is 5.75 Å². The maximum atomic E-state index is 6.25. The summed E-state index contributed by atoms with van der Waals surface area (Å²) in [5.41, 5.74) is 11.6. The van der Waals surface area contributed by atoms with Gasteiger partial charge in [0.15, 0.2) is 0 Å². The molecule has 1 aliphatic heterocycles. The van der Waals surface area contributed by atoms with Crippen LogP contribution < -0.4 is 10.5 Å². The predicted molar refractivity (Wildman–Crippen MR) is 86.9 cm³/mol. The summed E-state index contributed by atoms with van der Waals surface area (Å²) < 4.78 is 5.82. The Morgan fingerprint density at radius 1 is 1.05 bits per heavy atom. The Morgan fingerprint density at radius 2 is 1.76 bits per heavy atom. The smallest absolute Gasteiger partial charge is 0.123 e. The van der Waals surface area contributed by atoms with Crippen molar-refractivity contribution in [2.24, 2.45) is 5.73 Å². The van der Waals surface area contributed by atoms with Crippen LogP contribution in [0.4, 0.5) is 0 Å². The molecule has 2 aromatic rings. The summed E-state index contributed by atoms with van der Waals surface area (Å²) in [7, 11) is 0. The van der Waals surface area contributed by atoms with E-state index in [2.05, 4.69) is 50.2 Å². The van der Waals surface area contributed by atoms with Crippen LogP contribution in [0.2, 0.25) is 0 Å². The van der Waals surface area contributed by atoms with E-state index in [1.165, 1.54) is 22.3 Å². The number of hydrogen-bond donors (Lipinski definition) is 1.